The SMILES string of the molecule is C=CC(=O)OCCNCCCCCCCc1ccccc1. The molecule has 1 aromatic rings. The maximum Gasteiger partial charge on any atom is 0.330 e. The number of rotatable bonds is 12. The number of aryl methyl sites for hydroxylation is 1. The second-order valence-corrected chi connectivity index (χ2v) is 5.12. The van der Waals surface area contributed by atoms with Gasteiger partial charge < -0.3 is 10.1 Å². The van der Waals surface area contributed by atoms with Crippen molar-refractivity contribution in [3.05, 3.63) is 48.6 Å². The molecular weight excluding hydrogens is 262 g/mol. The van der Waals surface area contributed by atoms with Gasteiger partial charge in [0, 0.05) is 12.6 Å². The summed E-state index contributed by atoms with van der Waals surface area (Å²) in [5.74, 6) is -0.352. The average molecular weight is 289 g/mol. The summed E-state index contributed by atoms with van der Waals surface area (Å²) in [7, 11) is 0. The first kappa shape index (κ1) is 17.4. The van der Waals surface area contributed by atoms with Crippen LogP contribution in [0.1, 0.15) is 37.7 Å². The molecule has 0 aliphatic heterocycles. The number of ether oxygens (including phenoxy) is 1. The first-order valence-electron chi connectivity index (χ1n) is 7.87. The van der Waals surface area contributed by atoms with Gasteiger partial charge in [-0.2, -0.15) is 0 Å². The molecule has 0 aliphatic rings. The molecular formula is C18H27NO2. The minimum absolute atomic E-state index is 0.352. The van der Waals surface area contributed by atoms with Crippen LogP contribution in [0.4, 0.5) is 0 Å². The molecule has 0 bridgehead atoms. The fourth-order valence-electron chi connectivity index (χ4n) is 2.16. The largest absolute Gasteiger partial charge is 0.461 e. The van der Waals surface area contributed by atoms with Gasteiger partial charge in [-0.05, 0) is 31.4 Å². The molecule has 0 aromatic heterocycles. The van der Waals surface area contributed by atoms with Crippen LogP contribution in [0.25, 0.3) is 0 Å². The topological polar surface area (TPSA) is 38.3 Å². The normalized spacial score (nSPS) is 10.3. The third kappa shape index (κ3) is 9.85. The molecule has 0 amide bonds. The van der Waals surface area contributed by atoms with E-state index in [1.54, 1.807) is 0 Å². The fraction of sp³-hybridized carbons (Fsp3) is 0.500. The van der Waals surface area contributed by atoms with Gasteiger partial charge in [-0.3, -0.25) is 0 Å². The van der Waals surface area contributed by atoms with Crippen LogP contribution < -0.4 is 5.32 Å². The first-order valence-corrected chi connectivity index (χ1v) is 7.87. The standard InChI is InChI=1S/C18H27NO2/c1-2-18(20)21-16-15-19-14-10-5-3-4-7-11-17-12-8-6-9-13-17/h2,6,8-9,12-13,19H,1,3-5,7,10-11,14-16H2. The van der Waals surface area contributed by atoms with Crippen molar-refractivity contribution in [1.82, 2.24) is 5.32 Å². The van der Waals surface area contributed by atoms with Gasteiger partial charge in [-0.1, -0.05) is 56.2 Å². The summed E-state index contributed by atoms with van der Waals surface area (Å²) in [6, 6.07) is 10.7. The van der Waals surface area contributed by atoms with E-state index in [2.05, 4.69) is 42.2 Å². The Kier molecular flexibility index (Phi) is 10.1. The number of carbonyl (C=O) groups excluding carboxylic acids is 1. The first-order chi connectivity index (χ1) is 10.3. The number of carbonyl (C=O) groups is 1. The Morgan fingerprint density at radius 2 is 1.76 bits per heavy atom. The van der Waals surface area contributed by atoms with Gasteiger partial charge >= 0.3 is 5.97 Å². The van der Waals surface area contributed by atoms with Gasteiger partial charge in [0.2, 0.25) is 0 Å². The Balaban J connectivity index is 1.80. The molecule has 21 heavy (non-hydrogen) atoms. The smallest absolute Gasteiger partial charge is 0.330 e. The molecule has 0 fully saturated rings. The Hall–Kier alpha value is -1.61. The molecule has 0 unspecified atom stereocenters. The highest BCUT2D eigenvalue weighted by molar-refractivity contribution is 5.81. The molecule has 116 valence electrons. The van der Waals surface area contributed by atoms with Crippen LogP contribution in [-0.2, 0) is 16.0 Å². The van der Waals surface area contributed by atoms with Crippen molar-refractivity contribution in [3.63, 3.8) is 0 Å². The Morgan fingerprint density at radius 3 is 2.52 bits per heavy atom. The molecule has 1 N–H and O–H groups in total. The highest BCUT2D eigenvalue weighted by Gasteiger charge is 1.95. The van der Waals surface area contributed by atoms with Gasteiger partial charge in [-0.25, -0.2) is 4.79 Å². The van der Waals surface area contributed by atoms with Crippen molar-refractivity contribution in [2.75, 3.05) is 19.7 Å². The van der Waals surface area contributed by atoms with Crippen molar-refractivity contribution in [2.45, 2.75) is 38.5 Å². The predicted octanol–water partition coefficient (Wildman–Crippen LogP) is 3.50. The van der Waals surface area contributed by atoms with E-state index in [1.165, 1.54) is 50.2 Å². The second kappa shape index (κ2) is 12.2. The highest BCUT2D eigenvalue weighted by atomic mass is 16.5. The van der Waals surface area contributed by atoms with E-state index in [0.29, 0.717) is 13.2 Å². The Labute approximate surface area is 128 Å². The summed E-state index contributed by atoms with van der Waals surface area (Å²) in [4.78, 5) is 10.8. The second-order valence-electron chi connectivity index (χ2n) is 5.12. The van der Waals surface area contributed by atoms with Crippen molar-refractivity contribution < 1.29 is 9.53 Å². The lowest BCUT2D eigenvalue weighted by atomic mass is 10.1. The molecule has 0 saturated heterocycles. The van der Waals surface area contributed by atoms with Crippen LogP contribution in [0.15, 0.2) is 43.0 Å². The summed E-state index contributed by atoms with van der Waals surface area (Å²) in [5, 5.41) is 3.27. The maximum atomic E-state index is 10.8. The van der Waals surface area contributed by atoms with Crippen molar-refractivity contribution in [2.24, 2.45) is 0 Å². The van der Waals surface area contributed by atoms with Gasteiger partial charge in [0.15, 0.2) is 0 Å². The van der Waals surface area contributed by atoms with E-state index < -0.39 is 0 Å². The Bertz CT molecular complexity index is 389. The maximum absolute atomic E-state index is 10.8. The summed E-state index contributed by atoms with van der Waals surface area (Å²) in [5.41, 5.74) is 1.44. The number of unbranched alkanes of at least 4 members (excludes halogenated alkanes) is 4. The lowest BCUT2D eigenvalue weighted by Crippen LogP contribution is -2.21. The van der Waals surface area contributed by atoms with Crippen LogP contribution in [0.3, 0.4) is 0 Å². The number of hydrogen-bond acceptors (Lipinski definition) is 3. The molecule has 1 rings (SSSR count). The minimum atomic E-state index is -0.352. The third-order valence-corrected chi connectivity index (χ3v) is 3.35. The molecule has 3 heteroatoms. The van der Waals surface area contributed by atoms with Crippen LogP contribution in [-0.4, -0.2) is 25.7 Å². The summed E-state index contributed by atoms with van der Waals surface area (Å²) in [6.07, 6.45) is 8.68. The highest BCUT2D eigenvalue weighted by Crippen LogP contribution is 2.08. The van der Waals surface area contributed by atoms with E-state index in [4.69, 9.17) is 4.74 Å². The van der Waals surface area contributed by atoms with E-state index >= 15 is 0 Å². The van der Waals surface area contributed by atoms with Crippen LogP contribution in [0.5, 0.6) is 0 Å². The molecule has 3 nitrogen and oxygen atoms in total. The van der Waals surface area contributed by atoms with Crippen molar-refractivity contribution in [1.29, 1.82) is 0 Å². The quantitative estimate of drug-likeness (QED) is 0.363. The summed E-state index contributed by atoms with van der Waals surface area (Å²) >= 11 is 0. The van der Waals surface area contributed by atoms with E-state index in [1.807, 2.05) is 0 Å². The lowest BCUT2D eigenvalue weighted by molar-refractivity contribution is -0.137. The van der Waals surface area contributed by atoms with E-state index in [-0.39, 0.29) is 5.97 Å². The molecule has 0 heterocycles. The lowest BCUT2D eigenvalue weighted by Gasteiger charge is -2.05. The molecule has 0 radical (unpaired) electrons. The zero-order chi connectivity index (χ0) is 15.2. The number of nitrogens with one attached hydrogen (secondary N) is 1. The number of benzene rings is 1. The zero-order valence-electron chi connectivity index (χ0n) is 12.9. The third-order valence-electron chi connectivity index (χ3n) is 3.35. The molecule has 0 spiro atoms. The minimum Gasteiger partial charge on any atom is -0.461 e. The van der Waals surface area contributed by atoms with Crippen molar-refractivity contribution in [3.8, 4) is 0 Å². The average Bonchev–Trinajstić information content (AvgIpc) is 2.53. The molecule has 0 aliphatic carbocycles. The van der Waals surface area contributed by atoms with Gasteiger partial charge in [0.1, 0.15) is 6.61 Å². The molecule has 0 atom stereocenters. The van der Waals surface area contributed by atoms with Crippen LogP contribution >= 0.6 is 0 Å². The monoisotopic (exact) mass is 289 g/mol. The summed E-state index contributed by atoms with van der Waals surface area (Å²) in [6.45, 7) is 5.47. The van der Waals surface area contributed by atoms with Gasteiger partial charge in [-0.15, -0.1) is 0 Å². The van der Waals surface area contributed by atoms with Crippen molar-refractivity contribution >= 4 is 5.97 Å². The predicted molar refractivity (Wildman–Crippen MR) is 87.3 cm³/mol. The van der Waals surface area contributed by atoms with Gasteiger partial charge in [0.05, 0.1) is 0 Å². The number of hydrogen-bond donors (Lipinski definition) is 1. The molecule has 0 saturated carbocycles. The molecule has 1 aromatic carbocycles. The number of esters is 1. The van der Waals surface area contributed by atoms with E-state index in [9.17, 15) is 4.79 Å². The van der Waals surface area contributed by atoms with Gasteiger partial charge in [0.25, 0.3) is 0 Å². The van der Waals surface area contributed by atoms with Crippen LogP contribution in [0, 0.1) is 0 Å². The zero-order valence-corrected chi connectivity index (χ0v) is 12.9. The van der Waals surface area contributed by atoms with Crippen LogP contribution in [0.2, 0.25) is 0 Å². The Morgan fingerprint density at radius 1 is 1.05 bits per heavy atom. The summed E-state index contributed by atoms with van der Waals surface area (Å²) < 4.78 is 4.87. The van der Waals surface area contributed by atoms with E-state index in [0.717, 1.165) is 6.54 Å². The fourth-order valence-corrected chi connectivity index (χ4v) is 2.16.